The van der Waals surface area contributed by atoms with Crippen LogP contribution in [0.5, 0.6) is 0 Å². The molecule has 4 fully saturated rings. The maximum Gasteiger partial charge on any atom is 0.309 e. The number of carbonyl (C=O) groups is 2. The van der Waals surface area contributed by atoms with Crippen molar-refractivity contribution in [3.8, 4) is 0 Å². The minimum atomic E-state index is -0.869. The van der Waals surface area contributed by atoms with Gasteiger partial charge < -0.3 is 20.1 Å². The molecule has 0 heterocycles. The van der Waals surface area contributed by atoms with E-state index in [1.807, 2.05) is 13.0 Å². The van der Waals surface area contributed by atoms with Gasteiger partial charge in [0, 0.05) is 5.92 Å². The van der Waals surface area contributed by atoms with Crippen LogP contribution in [-0.4, -0.2) is 52.5 Å². The van der Waals surface area contributed by atoms with Gasteiger partial charge in [0.15, 0.2) is 5.78 Å². The number of carboxylic acids is 1. The second-order valence-corrected chi connectivity index (χ2v) is 16.1. The summed E-state index contributed by atoms with van der Waals surface area (Å²) in [6, 6.07) is 0. The molecular formula is C33H52O6. The molecular weight excluding hydrogens is 492 g/mol. The molecule has 39 heavy (non-hydrogen) atoms. The zero-order valence-electron chi connectivity index (χ0n) is 25.3. The highest BCUT2D eigenvalue weighted by Crippen LogP contribution is 2.75. The number of aliphatic hydroxyl groups excluding tert-OH is 2. The lowest BCUT2D eigenvalue weighted by Crippen LogP contribution is -2.66. The molecule has 0 aromatic carbocycles. The largest absolute Gasteiger partial charge is 0.481 e. The van der Waals surface area contributed by atoms with E-state index in [1.165, 1.54) is 5.57 Å². The van der Waals surface area contributed by atoms with E-state index in [9.17, 15) is 24.9 Å². The van der Waals surface area contributed by atoms with E-state index in [-0.39, 0.29) is 64.0 Å². The molecule has 0 aliphatic heterocycles. The van der Waals surface area contributed by atoms with E-state index in [4.69, 9.17) is 4.74 Å². The van der Waals surface area contributed by atoms with Crippen LogP contribution in [0.3, 0.4) is 0 Å². The molecule has 0 aromatic rings. The Labute approximate surface area is 235 Å². The summed E-state index contributed by atoms with van der Waals surface area (Å²) in [5.41, 5.74) is -0.0360. The number of hydrogen-bond acceptors (Lipinski definition) is 5. The molecule has 6 nitrogen and oxygen atoms in total. The van der Waals surface area contributed by atoms with E-state index in [1.54, 1.807) is 0 Å². The number of carboxylic acid groups (broad SMARTS) is 1. The van der Waals surface area contributed by atoms with E-state index in [2.05, 4.69) is 41.5 Å². The van der Waals surface area contributed by atoms with E-state index in [0.29, 0.717) is 18.8 Å². The van der Waals surface area contributed by atoms with Crippen LogP contribution >= 0.6 is 0 Å². The Morgan fingerprint density at radius 3 is 2.31 bits per heavy atom. The van der Waals surface area contributed by atoms with Gasteiger partial charge in [-0.3, -0.25) is 9.59 Å². The predicted molar refractivity (Wildman–Crippen MR) is 150 cm³/mol. The molecule has 5 aliphatic carbocycles. The molecule has 5 rings (SSSR count). The fraction of sp³-hybridized carbons (Fsp3) is 0.879. The minimum absolute atomic E-state index is 0.0205. The summed E-state index contributed by atoms with van der Waals surface area (Å²) in [4.78, 5) is 26.7. The van der Waals surface area contributed by atoms with Crippen LogP contribution in [0.15, 0.2) is 11.6 Å². The summed E-state index contributed by atoms with van der Waals surface area (Å²) in [7, 11) is 0. The van der Waals surface area contributed by atoms with Crippen molar-refractivity contribution >= 4 is 11.8 Å². The quantitative estimate of drug-likeness (QED) is 0.405. The summed E-state index contributed by atoms with van der Waals surface area (Å²) >= 11 is 0. The summed E-state index contributed by atoms with van der Waals surface area (Å²) in [5, 5.41) is 29.3. The molecule has 0 spiro atoms. The standard InChI is InChI=1S/C33H52O6/c1-28(2)24-8-11-33(7)26(31(24,5)10-9-25(28)39-19-20(35)18-34)23(36)16-21-22-17-30(4,27(37)38)13-12-29(22,3)14-15-32(21,33)6/h16,20,22,24-26,34-35H,8-15,17-19H2,1-7H3,(H,37,38)/t20?,22-,24?,25+,26-,29-,30+,31+,32-,33-/m1/s1. The molecule has 0 amide bonds. The number of aliphatic hydroxyl groups is 2. The van der Waals surface area contributed by atoms with Crippen LogP contribution < -0.4 is 0 Å². The Balaban J connectivity index is 1.52. The Hall–Kier alpha value is -1.24. The van der Waals surface area contributed by atoms with Crippen LogP contribution in [0, 0.1) is 50.2 Å². The number of aliphatic carboxylic acids is 1. The smallest absolute Gasteiger partial charge is 0.309 e. The van der Waals surface area contributed by atoms with E-state index >= 15 is 0 Å². The molecule has 4 saturated carbocycles. The lowest BCUT2D eigenvalue weighted by Gasteiger charge is -2.70. The number of rotatable bonds is 5. The predicted octanol–water partition coefficient (Wildman–Crippen LogP) is 5.79. The van der Waals surface area contributed by atoms with Crippen molar-refractivity contribution in [3.05, 3.63) is 11.6 Å². The van der Waals surface area contributed by atoms with Gasteiger partial charge in [-0.15, -0.1) is 0 Å². The van der Waals surface area contributed by atoms with Gasteiger partial charge in [0.2, 0.25) is 0 Å². The average molecular weight is 545 g/mol. The Morgan fingerprint density at radius 1 is 1.00 bits per heavy atom. The van der Waals surface area contributed by atoms with Gasteiger partial charge in [-0.1, -0.05) is 47.1 Å². The van der Waals surface area contributed by atoms with Crippen LogP contribution in [0.2, 0.25) is 0 Å². The van der Waals surface area contributed by atoms with Gasteiger partial charge >= 0.3 is 5.97 Å². The second-order valence-electron chi connectivity index (χ2n) is 16.1. The highest BCUT2D eigenvalue weighted by Gasteiger charge is 2.70. The lowest BCUT2D eigenvalue weighted by atomic mass is 9.33. The fourth-order valence-electron chi connectivity index (χ4n) is 10.9. The topological polar surface area (TPSA) is 104 Å². The minimum Gasteiger partial charge on any atom is -0.481 e. The molecule has 2 unspecified atom stereocenters. The van der Waals surface area contributed by atoms with Crippen molar-refractivity contribution in [2.45, 2.75) is 118 Å². The van der Waals surface area contributed by atoms with Gasteiger partial charge in [0.05, 0.1) is 24.7 Å². The molecule has 220 valence electrons. The molecule has 0 radical (unpaired) electrons. The number of fused-ring (bicyclic) bond motifs is 7. The van der Waals surface area contributed by atoms with Gasteiger partial charge in [0.25, 0.3) is 0 Å². The molecule has 0 aromatic heterocycles. The second kappa shape index (κ2) is 9.13. The van der Waals surface area contributed by atoms with Crippen molar-refractivity contribution < 1.29 is 29.6 Å². The van der Waals surface area contributed by atoms with Gasteiger partial charge in [-0.05, 0) is 110 Å². The van der Waals surface area contributed by atoms with Crippen molar-refractivity contribution in [2.75, 3.05) is 13.2 Å². The third-order valence-electron chi connectivity index (χ3n) is 13.7. The summed E-state index contributed by atoms with van der Waals surface area (Å²) in [5.74, 6) is -0.0647. The Morgan fingerprint density at radius 2 is 1.67 bits per heavy atom. The van der Waals surface area contributed by atoms with Crippen LogP contribution in [0.1, 0.15) is 106 Å². The SMILES string of the molecule is CC1(C)C2CC[C@]3(C)[C@H](C(=O)C=C4[C@H]5C[C@@](C)(C(=O)O)CC[C@]5(C)CC[C@]43C)[C@@]2(C)CC[C@@H]1OCC(O)CO. The number of allylic oxidation sites excluding steroid dienone is 2. The van der Waals surface area contributed by atoms with Crippen molar-refractivity contribution in [1.82, 2.24) is 0 Å². The molecule has 10 atom stereocenters. The Bertz CT molecular complexity index is 1060. The molecule has 0 bridgehead atoms. The number of ketones is 1. The van der Waals surface area contributed by atoms with Crippen molar-refractivity contribution in [1.29, 1.82) is 0 Å². The molecule has 0 saturated heterocycles. The van der Waals surface area contributed by atoms with E-state index in [0.717, 1.165) is 44.9 Å². The molecule has 5 aliphatic rings. The van der Waals surface area contributed by atoms with Crippen LogP contribution in [-0.2, 0) is 14.3 Å². The average Bonchev–Trinajstić information content (AvgIpc) is 2.85. The Kier molecular flexibility index (Phi) is 6.85. The first-order valence-electron chi connectivity index (χ1n) is 15.4. The number of carbonyl (C=O) groups excluding carboxylic acids is 1. The lowest BCUT2D eigenvalue weighted by molar-refractivity contribution is -0.212. The number of hydrogen-bond donors (Lipinski definition) is 3. The van der Waals surface area contributed by atoms with E-state index < -0.39 is 17.5 Å². The summed E-state index contributed by atoms with van der Waals surface area (Å²) < 4.78 is 6.19. The summed E-state index contributed by atoms with van der Waals surface area (Å²) in [6.07, 6.45) is 9.27. The zero-order chi connectivity index (χ0) is 28.8. The number of ether oxygens (including phenoxy) is 1. The first-order chi connectivity index (χ1) is 18.0. The highest BCUT2D eigenvalue weighted by molar-refractivity contribution is 5.95. The highest BCUT2D eigenvalue weighted by atomic mass is 16.5. The van der Waals surface area contributed by atoms with Gasteiger partial charge in [0.1, 0.15) is 6.10 Å². The zero-order valence-corrected chi connectivity index (χ0v) is 25.3. The molecule has 3 N–H and O–H groups in total. The van der Waals surface area contributed by atoms with Crippen molar-refractivity contribution in [3.63, 3.8) is 0 Å². The maximum absolute atomic E-state index is 14.4. The maximum atomic E-state index is 14.4. The first kappa shape index (κ1) is 29.3. The third-order valence-corrected chi connectivity index (χ3v) is 13.7. The van der Waals surface area contributed by atoms with Crippen molar-refractivity contribution in [2.24, 2.45) is 50.2 Å². The first-order valence-corrected chi connectivity index (χ1v) is 15.4. The van der Waals surface area contributed by atoms with Gasteiger partial charge in [-0.25, -0.2) is 0 Å². The van der Waals surface area contributed by atoms with Gasteiger partial charge in [-0.2, -0.15) is 0 Å². The van der Waals surface area contributed by atoms with Crippen LogP contribution in [0.25, 0.3) is 0 Å². The third kappa shape index (κ3) is 3.97. The normalized spacial score (nSPS) is 49.6. The summed E-state index contributed by atoms with van der Waals surface area (Å²) in [6.45, 7) is 15.8. The molecule has 6 heteroatoms. The van der Waals surface area contributed by atoms with Crippen LogP contribution in [0.4, 0.5) is 0 Å². The fourth-order valence-corrected chi connectivity index (χ4v) is 10.9. The monoisotopic (exact) mass is 544 g/mol.